The maximum absolute atomic E-state index is 12.6. The Hall–Kier alpha value is -0.840. The van der Waals surface area contributed by atoms with Gasteiger partial charge in [-0.25, -0.2) is 0 Å². The minimum absolute atomic E-state index is 0.136. The molecule has 1 aliphatic rings. The van der Waals surface area contributed by atoms with Crippen LogP contribution in [-0.2, 0) is 6.18 Å². The molecule has 1 saturated carbocycles. The highest BCUT2D eigenvalue weighted by atomic mass is 79.9. The summed E-state index contributed by atoms with van der Waals surface area (Å²) in [5, 5.41) is 0. The molecular weight excluding hydrogens is 309 g/mol. The first-order valence-corrected chi connectivity index (χ1v) is 6.57. The molecule has 1 aromatic rings. The predicted molar refractivity (Wildman–Crippen MR) is 65.4 cm³/mol. The van der Waals surface area contributed by atoms with Crippen molar-refractivity contribution in [3.63, 3.8) is 0 Å². The number of ketones is 1. The molecule has 2 rings (SSSR count). The molecule has 0 amide bonds. The van der Waals surface area contributed by atoms with Crippen molar-refractivity contribution in [1.29, 1.82) is 0 Å². The first kappa shape index (κ1) is 13.6. The monoisotopic (exact) mass is 320 g/mol. The van der Waals surface area contributed by atoms with E-state index in [0.29, 0.717) is 16.8 Å². The fourth-order valence-electron chi connectivity index (χ4n) is 1.98. The number of hydrogen-bond donors (Lipinski definition) is 0. The number of carbonyl (C=O) groups excluding carboxylic acids is 1. The molecule has 0 N–H and O–H groups in total. The van der Waals surface area contributed by atoms with Crippen LogP contribution in [0.5, 0.6) is 0 Å². The van der Waals surface area contributed by atoms with Gasteiger partial charge in [-0.3, -0.25) is 4.79 Å². The third-order valence-electron chi connectivity index (χ3n) is 3.29. The standard InChI is InChI=1S/C13H12BrF3O/c14-11-5-4-9(13(15,16)17)7-10(11)12(18)6-8-2-1-3-8/h4-5,7-8H,1-3,6H2. The van der Waals surface area contributed by atoms with E-state index in [4.69, 9.17) is 0 Å². The van der Waals surface area contributed by atoms with Gasteiger partial charge >= 0.3 is 6.18 Å². The molecule has 5 heteroatoms. The fraction of sp³-hybridized carbons (Fsp3) is 0.462. The minimum atomic E-state index is -4.41. The van der Waals surface area contributed by atoms with Crippen LogP contribution in [0.2, 0.25) is 0 Å². The topological polar surface area (TPSA) is 17.1 Å². The average molecular weight is 321 g/mol. The normalized spacial score (nSPS) is 16.4. The summed E-state index contributed by atoms with van der Waals surface area (Å²) < 4.78 is 38.2. The predicted octanol–water partition coefficient (Wildman–Crippen LogP) is 4.84. The van der Waals surface area contributed by atoms with Gasteiger partial charge in [-0.15, -0.1) is 0 Å². The van der Waals surface area contributed by atoms with Crippen molar-refractivity contribution < 1.29 is 18.0 Å². The van der Waals surface area contributed by atoms with Crippen LogP contribution < -0.4 is 0 Å². The van der Waals surface area contributed by atoms with Gasteiger partial charge in [0.1, 0.15) is 0 Å². The van der Waals surface area contributed by atoms with Crippen LogP contribution in [0.1, 0.15) is 41.6 Å². The van der Waals surface area contributed by atoms with E-state index in [-0.39, 0.29) is 11.3 Å². The molecule has 0 bridgehead atoms. The van der Waals surface area contributed by atoms with Gasteiger partial charge in [0.05, 0.1) is 5.56 Å². The van der Waals surface area contributed by atoms with E-state index in [0.717, 1.165) is 31.4 Å². The largest absolute Gasteiger partial charge is 0.416 e. The van der Waals surface area contributed by atoms with E-state index in [1.807, 2.05) is 0 Å². The lowest BCUT2D eigenvalue weighted by molar-refractivity contribution is -0.137. The molecule has 0 unspecified atom stereocenters. The molecule has 0 radical (unpaired) electrons. The van der Waals surface area contributed by atoms with Gasteiger partial charge < -0.3 is 0 Å². The van der Waals surface area contributed by atoms with Gasteiger partial charge in [0.2, 0.25) is 0 Å². The Bertz CT molecular complexity index is 464. The summed E-state index contributed by atoms with van der Waals surface area (Å²) in [6, 6.07) is 3.20. The second-order valence-corrected chi connectivity index (χ2v) is 5.47. The second-order valence-electron chi connectivity index (χ2n) is 4.62. The van der Waals surface area contributed by atoms with E-state index in [9.17, 15) is 18.0 Å². The van der Waals surface area contributed by atoms with Crippen LogP contribution in [0.3, 0.4) is 0 Å². The van der Waals surface area contributed by atoms with Gasteiger partial charge in [0.15, 0.2) is 5.78 Å². The number of Topliss-reactive ketones (excluding diaryl/α,β-unsaturated/α-hetero) is 1. The molecule has 98 valence electrons. The van der Waals surface area contributed by atoms with Crippen molar-refractivity contribution in [2.24, 2.45) is 5.92 Å². The van der Waals surface area contributed by atoms with Gasteiger partial charge in [-0.05, 0) is 24.1 Å². The molecule has 1 fully saturated rings. The second kappa shape index (κ2) is 5.03. The lowest BCUT2D eigenvalue weighted by Crippen LogP contribution is -2.17. The first-order valence-electron chi connectivity index (χ1n) is 5.78. The smallest absolute Gasteiger partial charge is 0.294 e. The molecule has 0 spiro atoms. The number of rotatable bonds is 3. The zero-order chi connectivity index (χ0) is 13.3. The number of halogens is 4. The maximum Gasteiger partial charge on any atom is 0.416 e. The summed E-state index contributed by atoms with van der Waals surface area (Å²) in [6.07, 6.45) is -0.946. The van der Waals surface area contributed by atoms with Crippen molar-refractivity contribution in [2.45, 2.75) is 31.9 Å². The maximum atomic E-state index is 12.6. The molecule has 1 aliphatic carbocycles. The van der Waals surface area contributed by atoms with Gasteiger partial charge in [-0.2, -0.15) is 13.2 Å². The van der Waals surface area contributed by atoms with Gasteiger partial charge in [0, 0.05) is 16.5 Å². The van der Waals surface area contributed by atoms with Crippen molar-refractivity contribution >= 4 is 21.7 Å². The van der Waals surface area contributed by atoms with Gasteiger partial charge in [0.25, 0.3) is 0 Å². The number of benzene rings is 1. The lowest BCUT2D eigenvalue weighted by atomic mass is 9.81. The molecule has 1 aromatic carbocycles. The van der Waals surface area contributed by atoms with E-state index < -0.39 is 11.7 Å². The summed E-state index contributed by atoms with van der Waals surface area (Å²) in [6.45, 7) is 0. The van der Waals surface area contributed by atoms with Crippen LogP contribution in [0, 0.1) is 5.92 Å². The Morgan fingerprint density at radius 2 is 2.00 bits per heavy atom. The van der Waals surface area contributed by atoms with Crippen LogP contribution in [0.4, 0.5) is 13.2 Å². The van der Waals surface area contributed by atoms with E-state index >= 15 is 0 Å². The van der Waals surface area contributed by atoms with Crippen LogP contribution >= 0.6 is 15.9 Å². The van der Waals surface area contributed by atoms with Crippen molar-refractivity contribution in [3.8, 4) is 0 Å². The molecule has 1 nitrogen and oxygen atoms in total. The highest BCUT2D eigenvalue weighted by Crippen LogP contribution is 2.34. The summed E-state index contributed by atoms with van der Waals surface area (Å²) in [4.78, 5) is 12.0. The van der Waals surface area contributed by atoms with Crippen LogP contribution in [-0.4, -0.2) is 5.78 Å². The lowest BCUT2D eigenvalue weighted by Gasteiger charge is -2.24. The number of alkyl halides is 3. The van der Waals surface area contributed by atoms with Crippen molar-refractivity contribution in [3.05, 3.63) is 33.8 Å². The molecule has 0 atom stereocenters. The summed E-state index contributed by atoms with van der Waals surface area (Å²) in [5.74, 6) is 0.136. The molecule has 0 aliphatic heterocycles. The van der Waals surface area contributed by atoms with E-state index in [1.54, 1.807) is 0 Å². The zero-order valence-corrected chi connectivity index (χ0v) is 11.1. The Balaban J connectivity index is 2.22. The average Bonchev–Trinajstić information content (AvgIpc) is 2.22. The first-order chi connectivity index (χ1) is 8.38. The minimum Gasteiger partial charge on any atom is -0.294 e. The third-order valence-corrected chi connectivity index (χ3v) is 3.98. The van der Waals surface area contributed by atoms with Crippen molar-refractivity contribution in [2.75, 3.05) is 0 Å². The number of hydrogen-bond acceptors (Lipinski definition) is 1. The molecule has 0 heterocycles. The van der Waals surface area contributed by atoms with Gasteiger partial charge in [-0.1, -0.05) is 35.2 Å². The molecular formula is C13H12BrF3O. The molecule has 18 heavy (non-hydrogen) atoms. The summed E-state index contributed by atoms with van der Waals surface area (Å²) >= 11 is 3.14. The molecule has 0 aromatic heterocycles. The fourth-order valence-corrected chi connectivity index (χ4v) is 2.45. The van der Waals surface area contributed by atoms with Crippen LogP contribution in [0.15, 0.2) is 22.7 Å². The number of carbonyl (C=O) groups is 1. The summed E-state index contributed by atoms with van der Waals surface area (Å²) in [7, 11) is 0. The Morgan fingerprint density at radius 3 is 2.50 bits per heavy atom. The Kier molecular flexibility index (Phi) is 3.80. The quantitative estimate of drug-likeness (QED) is 0.728. The third kappa shape index (κ3) is 2.94. The Labute approximate surface area is 112 Å². The summed E-state index contributed by atoms with van der Waals surface area (Å²) in [5.41, 5.74) is -0.639. The van der Waals surface area contributed by atoms with E-state index in [2.05, 4.69) is 15.9 Å². The SMILES string of the molecule is O=C(CC1CCC1)c1cc(C(F)(F)F)ccc1Br. The highest BCUT2D eigenvalue weighted by molar-refractivity contribution is 9.10. The zero-order valence-electron chi connectivity index (χ0n) is 9.56. The highest BCUT2D eigenvalue weighted by Gasteiger charge is 2.32. The van der Waals surface area contributed by atoms with Crippen LogP contribution in [0.25, 0.3) is 0 Å². The Morgan fingerprint density at radius 1 is 1.33 bits per heavy atom. The molecule has 0 saturated heterocycles. The van der Waals surface area contributed by atoms with Crippen molar-refractivity contribution in [1.82, 2.24) is 0 Å². The van der Waals surface area contributed by atoms with E-state index in [1.165, 1.54) is 6.07 Å².